The van der Waals surface area contributed by atoms with E-state index in [1.165, 1.54) is 10.7 Å². The van der Waals surface area contributed by atoms with Crippen LogP contribution in [-0.2, 0) is 65.0 Å². The third-order valence-corrected chi connectivity index (χ3v) is 8.08. The van der Waals surface area contributed by atoms with E-state index in [4.69, 9.17) is 5.73 Å². The first-order chi connectivity index (χ1) is 17.9. The van der Waals surface area contributed by atoms with Crippen LogP contribution >= 0.6 is 11.6 Å². The molecular formula is C27H40ClN4O4S2Y-. The predicted octanol–water partition coefficient (Wildman–Crippen LogP) is 3.71. The molecule has 1 radical (unpaired) electrons. The topological polar surface area (TPSA) is 122 Å². The van der Waals surface area contributed by atoms with Crippen molar-refractivity contribution >= 4 is 51.8 Å². The van der Waals surface area contributed by atoms with Gasteiger partial charge in [0.25, 0.3) is 10.0 Å². The largest absolute Gasteiger partial charge is 0.783 e. The first-order valence-corrected chi connectivity index (χ1v) is 15.1. The van der Waals surface area contributed by atoms with Crippen molar-refractivity contribution < 1.29 is 50.7 Å². The fourth-order valence-electron chi connectivity index (χ4n) is 4.17. The molecule has 0 aliphatic carbocycles. The third-order valence-electron chi connectivity index (χ3n) is 5.97. The van der Waals surface area contributed by atoms with E-state index in [0.717, 1.165) is 18.4 Å². The van der Waals surface area contributed by atoms with Crippen molar-refractivity contribution in [2.24, 2.45) is 11.1 Å². The molecule has 1 heterocycles. The molecule has 39 heavy (non-hydrogen) atoms. The van der Waals surface area contributed by atoms with Gasteiger partial charge < -0.3 is 29.0 Å². The number of para-hydroxylation sites is 1. The van der Waals surface area contributed by atoms with Crippen LogP contribution in [0.2, 0.25) is 0 Å². The van der Waals surface area contributed by atoms with Gasteiger partial charge in [0.2, 0.25) is 5.91 Å². The molecule has 1 unspecified atom stereocenters. The van der Waals surface area contributed by atoms with E-state index in [1.807, 2.05) is 24.3 Å². The Kier molecular flexibility index (Phi) is 17.8. The van der Waals surface area contributed by atoms with E-state index in [2.05, 4.69) is 55.6 Å². The zero-order valence-corrected chi connectivity index (χ0v) is 28.6. The van der Waals surface area contributed by atoms with Crippen molar-refractivity contribution in [3.05, 3.63) is 59.7 Å². The van der Waals surface area contributed by atoms with E-state index >= 15 is 0 Å². The first kappa shape index (κ1) is 37.8. The quantitative estimate of drug-likeness (QED) is 0.224. The van der Waals surface area contributed by atoms with Crippen LogP contribution < -0.4 is 20.7 Å². The SMILES string of the molecule is CCCC(C)(C)CC(=O)NCCNC(=O)C[S-].CCl.CN1c2ccccc2C(N)c2ccccc2S1(=O)=O.[Y]. The minimum absolute atomic E-state index is 0. The maximum atomic E-state index is 12.6. The van der Waals surface area contributed by atoms with Gasteiger partial charge in [-0.3, -0.25) is 13.9 Å². The summed E-state index contributed by atoms with van der Waals surface area (Å²) in [5.74, 6) is -0.0612. The number of hydrogen-bond acceptors (Lipinski definition) is 6. The summed E-state index contributed by atoms with van der Waals surface area (Å²) in [6.45, 7) is 7.20. The zero-order valence-electron chi connectivity index (χ0n) is 23.4. The van der Waals surface area contributed by atoms with Crippen LogP contribution in [0.1, 0.15) is 57.2 Å². The molecule has 4 N–H and O–H groups in total. The fraction of sp³-hybridized carbons (Fsp3) is 0.481. The number of rotatable bonds is 8. The molecule has 0 aromatic heterocycles. The van der Waals surface area contributed by atoms with Gasteiger partial charge in [0.15, 0.2) is 5.91 Å². The van der Waals surface area contributed by atoms with E-state index in [0.29, 0.717) is 30.8 Å². The van der Waals surface area contributed by atoms with E-state index in [1.54, 1.807) is 31.3 Å². The third kappa shape index (κ3) is 11.3. The number of anilines is 1. The second-order valence-corrected chi connectivity index (χ2v) is 11.7. The summed E-state index contributed by atoms with van der Waals surface area (Å²) in [6, 6.07) is 13.8. The smallest absolute Gasteiger partial charge is 0.264 e. The number of alkyl halides is 1. The number of carbonyl (C=O) groups excluding carboxylic acids is 2. The van der Waals surface area contributed by atoms with Gasteiger partial charge in [-0.15, -0.1) is 11.6 Å². The van der Waals surface area contributed by atoms with E-state index < -0.39 is 16.1 Å². The average Bonchev–Trinajstić information content (AvgIpc) is 2.96. The van der Waals surface area contributed by atoms with Crippen LogP contribution in [-0.4, -0.2) is 52.5 Å². The van der Waals surface area contributed by atoms with Crippen LogP contribution in [0.5, 0.6) is 0 Å². The summed E-state index contributed by atoms with van der Waals surface area (Å²) in [4.78, 5) is 22.7. The van der Waals surface area contributed by atoms with Gasteiger partial charge in [-0.2, -0.15) is 0 Å². The molecule has 0 saturated carbocycles. The summed E-state index contributed by atoms with van der Waals surface area (Å²) < 4.78 is 26.5. The molecule has 2 aromatic carbocycles. The van der Waals surface area contributed by atoms with Gasteiger partial charge in [-0.25, -0.2) is 8.42 Å². The van der Waals surface area contributed by atoms with Gasteiger partial charge in [-0.1, -0.05) is 69.3 Å². The number of nitrogens with two attached hydrogens (primary N) is 1. The van der Waals surface area contributed by atoms with Crippen molar-refractivity contribution in [2.45, 2.75) is 51.0 Å². The number of nitrogens with one attached hydrogen (secondary N) is 2. The Bertz CT molecular complexity index is 1170. The zero-order chi connectivity index (χ0) is 28.9. The van der Waals surface area contributed by atoms with Crippen molar-refractivity contribution in [1.29, 1.82) is 0 Å². The Morgan fingerprint density at radius 2 is 1.51 bits per heavy atom. The Balaban J connectivity index is 0.000000686. The van der Waals surface area contributed by atoms with Gasteiger partial charge in [0, 0.05) is 65.7 Å². The van der Waals surface area contributed by atoms with Gasteiger partial charge in [0.1, 0.15) is 0 Å². The molecule has 0 spiro atoms. The van der Waals surface area contributed by atoms with Gasteiger partial charge in [0.05, 0.1) is 16.6 Å². The molecule has 2 amide bonds. The molecule has 1 aliphatic heterocycles. The number of amides is 2. The van der Waals surface area contributed by atoms with Crippen LogP contribution in [0.25, 0.3) is 0 Å². The number of sulfonamides is 1. The van der Waals surface area contributed by atoms with Crippen molar-refractivity contribution in [1.82, 2.24) is 10.6 Å². The van der Waals surface area contributed by atoms with Crippen molar-refractivity contribution in [2.75, 3.05) is 36.6 Å². The number of hydrogen-bond donors (Lipinski definition) is 3. The van der Waals surface area contributed by atoms with E-state index in [9.17, 15) is 18.0 Å². The molecule has 1 atom stereocenters. The molecule has 0 fully saturated rings. The normalized spacial score (nSPS) is 14.9. The first-order valence-electron chi connectivity index (χ1n) is 12.4. The van der Waals surface area contributed by atoms with Crippen LogP contribution in [0.3, 0.4) is 0 Å². The number of nitrogens with zero attached hydrogens (tertiary/aromatic N) is 1. The fourth-order valence-corrected chi connectivity index (χ4v) is 5.74. The van der Waals surface area contributed by atoms with E-state index in [-0.39, 0.29) is 60.6 Å². The van der Waals surface area contributed by atoms with Crippen LogP contribution in [0.4, 0.5) is 5.69 Å². The maximum Gasteiger partial charge on any atom is 0.264 e. The summed E-state index contributed by atoms with van der Waals surface area (Å²) in [7, 11) is -1.99. The molecule has 2 aromatic rings. The predicted molar refractivity (Wildman–Crippen MR) is 158 cm³/mol. The minimum atomic E-state index is -3.55. The monoisotopic (exact) mass is 672 g/mol. The summed E-state index contributed by atoms with van der Waals surface area (Å²) >= 11 is 9.22. The molecule has 1 aliphatic rings. The molecule has 3 rings (SSSR count). The van der Waals surface area contributed by atoms with Gasteiger partial charge >= 0.3 is 0 Å². The molecule has 8 nitrogen and oxygen atoms in total. The second-order valence-electron chi connectivity index (χ2n) is 9.48. The Morgan fingerprint density at radius 1 is 1.00 bits per heavy atom. The van der Waals surface area contributed by atoms with Gasteiger partial charge in [-0.05, 0) is 35.1 Å². The summed E-state index contributed by atoms with van der Waals surface area (Å²) in [5.41, 5.74) is 8.38. The summed E-state index contributed by atoms with van der Waals surface area (Å²) in [6.07, 6.45) is 4.11. The Labute approximate surface area is 269 Å². The molecular weight excluding hydrogens is 633 g/mol. The standard InChI is InChI=1S/C14H14N2O2S.C12H24N2O2S.CH3Cl.Y/c1-16-12-8-4-2-6-10(12)14(15)11-7-3-5-9-13(11)19(16,17)18;1-4-5-12(2,3)8-10(15)13-6-7-14-11(16)9-17;1-2;/h2-9,14H,15H2,1H3;17H,4-9H2,1-3H3,(H,13,15)(H,14,16);1H3;/p-1. The Morgan fingerprint density at radius 3 is 2.08 bits per heavy atom. The van der Waals surface area contributed by atoms with Crippen LogP contribution in [0, 0.1) is 5.41 Å². The van der Waals surface area contributed by atoms with Crippen molar-refractivity contribution in [3.63, 3.8) is 0 Å². The molecule has 0 bridgehead atoms. The van der Waals surface area contributed by atoms with Crippen LogP contribution in [0.15, 0.2) is 53.4 Å². The summed E-state index contributed by atoms with van der Waals surface area (Å²) in [5, 5.41) is 5.41. The number of halogens is 1. The molecule has 215 valence electrons. The molecule has 0 saturated heterocycles. The maximum absolute atomic E-state index is 12.6. The molecule has 12 heteroatoms. The Hall–Kier alpha value is -1.17. The number of fused-ring (bicyclic) bond motifs is 2. The average molecular weight is 673 g/mol. The minimum Gasteiger partial charge on any atom is -0.783 e. The number of benzene rings is 2. The van der Waals surface area contributed by atoms with Crippen molar-refractivity contribution in [3.8, 4) is 0 Å². The number of carbonyl (C=O) groups is 2. The second kappa shape index (κ2) is 18.3.